The zero-order chi connectivity index (χ0) is 18.9. The fourth-order valence-electron chi connectivity index (χ4n) is 2.60. The Hall–Kier alpha value is -2.52. The van der Waals surface area contributed by atoms with E-state index in [1.54, 1.807) is 39.1 Å². The molecule has 8 nitrogen and oxygen atoms in total. The Labute approximate surface area is 152 Å². The number of carbonyl (C=O) groups is 1. The van der Waals surface area contributed by atoms with E-state index >= 15 is 0 Å². The predicted octanol–water partition coefficient (Wildman–Crippen LogP) is 1.74. The number of aryl methyl sites for hydroxylation is 1. The number of sulfonamides is 1. The maximum Gasteiger partial charge on any atom is 0.272 e. The van der Waals surface area contributed by atoms with Crippen LogP contribution in [0.3, 0.4) is 0 Å². The third-order valence-electron chi connectivity index (χ3n) is 3.71. The van der Waals surface area contributed by atoms with Crippen LogP contribution in [0.25, 0.3) is 0 Å². The number of fused-ring (bicyclic) bond motifs is 1. The number of aromatic nitrogens is 1. The molecule has 0 radical (unpaired) electrons. The second-order valence-electron chi connectivity index (χ2n) is 6.26. The second kappa shape index (κ2) is 7.00. The number of ether oxygens (including phenoxy) is 2. The first-order valence-corrected chi connectivity index (χ1v) is 9.64. The normalized spacial score (nSPS) is 13.7. The molecule has 0 saturated carbocycles. The zero-order valence-electron chi connectivity index (χ0n) is 14.8. The molecule has 1 aliphatic heterocycles. The average Bonchev–Trinajstić information content (AvgIpc) is 2.96. The second-order valence-corrected chi connectivity index (χ2v) is 7.97. The summed E-state index contributed by atoms with van der Waals surface area (Å²) in [6.45, 7) is 4.40. The van der Waals surface area contributed by atoms with E-state index in [4.69, 9.17) is 9.47 Å². The standard InChI is InChI=1S/C17H21N3O5S/c1-11(2)19-26(22,23)13-9-14(20(3)10-13)17(21)18-12-4-5-15-16(8-12)25-7-6-24-15/h4-5,8-11,19H,6-7H2,1-3H3,(H,18,21). The molecule has 9 heteroatoms. The Morgan fingerprint density at radius 1 is 1.15 bits per heavy atom. The molecule has 1 aromatic heterocycles. The van der Waals surface area contributed by atoms with Gasteiger partial charge in [0.05, 0.1) is 0 Å². The van der Waals surface area contributed by atoms with Crippen molar-refractivity contribution in [2.75, 3.05) is 18.5 Å². The van der Waals surface area contributed by atoms with Gasteiger partial charge in [0.2, 0.25) is 10.0 Å². The lowest BCUT2D eigenvalue weighted by atomic mass is 10.2. The van der Waals surface area contributed by atoms with Gasteiger partial charge in [0.15, 0.2) is 11.5 Å². The summed E-state index contributed by atoms with van der Waals surface area (Å²) in [6.07, 6.45) is 1.41. The van der Waals surface area contributed by atoms with Gasteiger partial charge < -0.3 is 19.4 Å². The van der Waals surface area contributed by atoms with Crippen molar-refractivity contribution in [3.63, 3.8) is 0 Å². The van der Waals surface area contributed by atoms with Crippen molar-refractivity contribution in [2.24, 2.45) is 7.05 Å². The van der Waals surface area contributed by atoms with Gasteiger partial charge in [0.1, 0.15) is 23.8 Å². The van der Waals surface area contributed by atoms with Crippen molar-refractivity contribution in [1.29, 1.82) is 0 Å². The van der Waals surface area contributed by atoms with Gasteiger partial charge in [0, 0.05) is 31.0 Å². The van der Waals surface area contributed by atoms with Crippen LogP contribution in [0.1, 0.15) is 24.3 Å². The molecule has 2 N–H and O–H groups in total. The molecule has 0 fully saturated rings. The van der Waals surface area contributed by atoms with E-state index in [2.05, 4.69) is 10.0 Å². The van der Waals surface area contributed by atoms with Gasteiger partial charge in [-0.05, 0) is 32.0 Å². The van der Waals surface area contributed by atoms with Crippen molar-refractivity contribution in [2.45, 2.75) is 24.8 Å². The van der Waals surface area contributed by atoms with Gasteiger partial charge in [-0.2, -0.15) is 0 Å². The van der Waals surface area contributed by atoms with E-state index < -0.39 is 15.9 Å². The maximum absolute atomic E-state index is 12.5. The summed E-state index contributed by atoms with van der Waals surface area (Å²) in [4.78, 5) is 12.6. The molecule has 0 atom stereocenters. The molecule has 0 aliphatic carbocycles. The number of hydrogen-bond acceptors (Lipinski definition) is 5. The summed E-state index contributed by atoms with van der Waals surface area (Å²) in [5.41, 5.74) is 0.759. The predicted molar refractivity (Wildman–Crippen MR) is 96.3 cm³/mol. The van der Waals surface area contributed by atoms with Crippen LogP contribution in [-0.4, -0.2) is 38.1 Å². The molecule has 0 unspecified atom stereocenters. The topological polar surface area (TPSA) is 98.7 Å². The van der Waals surface area contributed by atoms with Crippen LogP contribution in [0.4, 0.5) is 5.69 Å². The van der Waals surface area contributed by atoms with Crippen LogP contribution >= 0.6 is 0 Å². The van der Waals surface area contributed by atoms with Crippen molar-refractivity contribution in [3.05, 3.63) is 36.2 Å². The Balaban J connectivity index is 1.80. The number of amides is 1. The van der Waals surface area contributed by atoms with Crippen LogP contribution in [0, 0.1) is 0 Å². The van der Waals surface area contributed by atoms with Gasteiger partial charge in [-0.25, -0.2) is 13.1 Å². The van der Waals surface area contributed by atoms with Crippen molar-refractivity contribution < 1.29 is 22.7 Å². The highest BCUT2D eigenvalue weighted by Crippen LogP contribution is 2.32. The molecule has 0 bridgehead atoms. The number of carbonyl (C=O) groups excluding carboxylic acids is 1. The molecule has 0 saturated heterocycles. The number of rotatable bonds is 5. The maximum atomic E-state index is 12.5. The van der Waals surface area contributed by atoms with Gasteiger partial charge in [-0.3, -0.25) is 4.79 Å². The number of nitrogens with one attached hydrogen (secondary N) is 2. The van der Waals surface area contributed by atoms with E-state index in [0.717, 1.165) is 0 Å². The smallest absolute Gasteiger partial charge is 0.272 e. The monoisotopic (exact) mass is 379 g/mol. The lowest BCUT2D eigenvalue weighted by Crippen LogP contribution is -2.29. The van der Waals surface area contributed by atoms with Gasteiger partial charge in [-0.1, -0.05) is 0 Å². The van der Waals surface area contributed by atoms with E-state index in [1.165, 1.54) is 16.8 Å². The highest BCUT2D eigenvalue weighted by Gasteiger charge is 2.21. The molecule has 2 heterocycles. The molecule has 1 aromatic carbocycles. The van der Waals surface area contributed by atoms with Crippen molar-refractivity contribution in [3.8, 4) is 11.5 Å². The van der Waals surface area contributed by atoms with E-state index in [0.29, 0.717) is 30.4 Å². The minimum absolute atomic E-state index is 0.0426. The summed E-state index contributed by atoms with van der Waals surface area (Å²) in [5.74, 6) is 0.766. The summed E-state index contributed by atoms with van der Waals surface area (Å²) in [7, 11) is -2.05. The largest absolute Gasteiger partial charge is 0.486 e. The molecule has 26 heavy (non-hydrogen) atoms. The van der Waals surface area contributed by atoms with Gasteiger partial charge >= 0.3 is 0 Å². The molecular weight excluding hydrogens is 358 g/mol. The third kappa shape index (κ3) is 3.83. The number of anilines is 1. The van der Waals surface area contributed by atoms with Crippen LogP contribution in [0.15, 0.2) is 35.4 Å². The lowest BCUT2D eigenvalue weighted by Gasteiger charge is -2.19. The fraction of sp³-hybridized carbons (Fsp3) is 0.353. The van der Waals surface area contributed by atoms with E-state index in [9.17, 15) is 13.2 Å². The minimum atomic E-state index is -3.67. The third-order valence-corrected chi connectivity index (χ3v) is 5.34. The first kappa shape index (κ1) is 18.3. The summed E-state index contributed by atoms with van der Waals surface area (Å²) >= 11 is 0. The van der Waals surface area contributed by atoms with Crippen LogP contribution in [0.5, 0.6) is 11.5 Å². The number of benzene rings is 1. The fourth-order valence-corrected chi connectivity index (χ4v) is 3.92. The quantitative estimate of drug-likeness (QED) is 0.824. The summed E-state index contributed by atoms with van der Waals surface area (Å²) < 4.78 is 39.4. The minimum Gasteiger partial charge on any atom is -0.486 e. The zero-order valence-corrected chi connectivity index (χ0v) is 15.6. The first-order valence-electron chi connectivity index (χ1n) is 8.16. The van der Waals surface area contributed by atoms with E-state index in [1.807, 2.05) is 0 Å². The Kier molecular flexibility index (Phi) is 4.92. The van der Waals surface area contributed by atoms with Gasteiger partial charge in [0.25, 0.3) is 5.91 Å². The average molecular weight is 379 g/mol. The number of nitrogens with zero attached hydrogens (tertiary/aromatic N) is 1. The molecule has 1 amide bonds. The Morgan fingerprint density at radius 2 is 1.85 bits per heavy atom. The Morgan fingerprint density at radius 3 is 2.54 bits per heavy atom. The SMILES string of the molecule is CC(C)NS(=O)(=O)c1cc(C(=O)Nc2ccc3c(c2)OCCO3)n(C)c1. The Bertz CT molecular complexity index is 934. The van der Waals surface area contributed by atoms with Crippen LogP contribution in [-0.2, 0) is 17.1 Å². The highest BCUT2D eigenvalue weighted by molar-refractivity contribution is 7.89. The summed E-state index contributed by atoms with van der Waals surface area (Å²) in [6, 6.07) is 6.20. The molecular formula is C17H21N3O5S. The molecule has 140 valence electrons. The lowest BCUT2D eigenvalue weighted by molar-refractivity contribution is 0.101. The highest BCUT2D eigenvalue weighted by atomic mass is 32.2. The van der Waals surface area contributed by atoms with Crippen LogP contribution < -0.4 is 19.5 Å². The van der Waals surface area contributed by atoms with E-state index in [-0.39, 0.29) is 16.6 Å². The van der Waals surface area contributed by atoms with Crippen molar-refractivity contribution in [1.82, 2.24) is 9.29 Å². The number of hydrogen-bond donors (Lipinski definition) is 2. The molecule has 0 spiro atoms. The molecule has 1 aliphatic rings. The van der Waals surface area contributed by atoms with Crippen LogP contribution in [0.2, 0.25) is 0 Å². The molecule has 3 rings (SSSR count). The first-order chi connectivity index (χ1) is 12.3. The van der Waals surface area contributed by atoms with Gasteiger partial charge in [-0.15, -0.1) is 0 Å². The summed E-state index contributed by atoms with van der Waals surface area (Å²) in [5, 5.41) is 2.74. The molecule has 2 aromatic rings. The van der Waals surface area contributed by atoms with Crippen molar-refractivity contribution >= 4 is 21.6 Å².